The van der Waals surface area contributed by atoms with Crippen LogP contribution >= 0.6 is 0 Å². The summed E-state index contributed by atoms with van der Waals surface area (Å²) < 4.78 is 32.7. The van der Waals surface area contributed by atoms with E-state index in [4.69, 9.17) is 4.74 Å². The molecule has 0 bridgehead atoms. The third kappa shape index (κ3) is 3.75. The molecule has 2 rings (SSSR count). The van der Waals surface area contributed by atoms with E-state index in [0.717, 1.165) is 25.8 Å². The summed E-state index contributed by atoms with van der Waals surface area (Å²) in [7, 11) is 0. The molecule has 0 spiro atoms. The van der Waals surface area contributed by atoms with Crippen molar-refractivity contribution in [2.45, 2.75) is 31.2 Å². The molecule has 0 aromatic heterocycles. The molecule has 4 heteroatoms. The number of hydrogen-bond acceptors (Lipinski definition) is 2. The van der Waals surface area contributed by atoms with Gasteiger partial charge in [-0.1, -0.05) is 36.8 Å². The number of hydrogen-bond donors (Lipinski definition) is 1. The Morgan fingerprint density at radius 2 is 2.00 bits per heavy atom. The van der Waals surface area contributed by atoms with Gasteiger partial charge >= 0.3 is 0 Å². The molecular weight excluding hydrogens is 236 g/mol. The Morgan fingerprint density at radius 1 is 1.22 bits per heavy atom. The number of rotatable bonds is 5. The fourth-order valence-corrected chi connectivity index (χ4v) is 2.16. The standard InChI is InChI=1S/C14H19F2NO/c15-14(16,12-6-2-1-3-7-12)11-18-10-13-8-4-5-9-17-13/h1-3,6-7,13,17H,4-5,8-11H2. The highest BCUT2D eigenvalue weighted by molar-refractivity contribution is 5.19. The van der Waals surface area contributed by atoms with Crippen LogP contribution in [0.1, 0.15) is 24.8 Å². The van der Waals surface area contributed by atoms with Crippen LogP contribution in [-0.2, 0) is 10.7 Å². The van der Waals surface area contributed by atoms with E-state index in [1.54, 1.807) is 18.2 Å². The van der Waals surface area contributed by atoms with Crippen LogP contribution in [0.4, 0.5) is 8.78 Å². The van der Waals surface area contributed by atoms with Crippen molar-refractivity contribution in [2.24, 2.45) is 0 Å². The van der Waals surface area contributed by atoms with E-state index in [2.05, 4.69) is 5.32 Å². The van der Waals surface area contributed by atoms with Crippen molar-refractivity contribution in [1.82, 2.24) is 5.32 Å². The summed E-state index contributed by atoms with van der Waals surface area (Å²) >= 11 is 0. The van der Waals surface area contributed by atoms with Crippen molar-refractivity contribution >= 4 is 0 Å². The second-order valence-corrected chi connectivity index (χ2v) is 4.73. The van der Waals surface area contributed by atoms with E-state index < -0.39 is 12.5 Å². The Labute approximate surface area is 106 Å². The molecule has 1 atom stereocenters. The molecule has 1 unspecified atom stereocenters. The topological polar surface area (TPSA) is 21.3 Å². The lowest BCUT2D eigenvalue weighted by molar-refractivity contribution is -0.0867. The normalized spacial score (nSPS) is 20.9. The van der Waals surface area contributed by atoms with Crippen LogP contribution in [0, 0.1) is 0 Å². The summed E-state index contributed by atoms with van der Waals surface area (Å²) in [5.41, 5.74) is 0.0154. The summed E-state index contributed by atoms with van der Waals surface area (Å²) in [5.74, 6) is -2.91. The molecular formula is C14H19F2NO. The largest absolute Gasteiger partial charge is 0.373 e. The van der Waals surface area contributed by atoms with Crippen molar-refractivity contribution in [2.75, 3.05) is 19.8 Å². The van der Waals surface area contributed by atoms with Crippen LogP contribution in [0.3, 0.4) is 0 Å². The number of ether oxygens (including phenoxy) is 1. The minimum Gasteiger partial charge on any atom is -0.373 e. The van der Waals surface area contributed by atoms with Gasteiger partial charge in [0.05, 0.1) is 6.61 Å². The Morgan fingerprint density at radius 3 is 2.67 bits per heavy atom. The Balaban J connectivity index is 1.78. The van der Waals surface area contributed by atoms with E-state index in [9.17, 15) is 8.78 Å². The highest BCUT2D eigenvalue weighted by Crippen LogP contribution is 2.27. The highest BCUT2D eigenvalue weighted by Gasteiger charge is 2.31. The first-order chi connectivity index (χ1) is 8.68. The molecule has 18 heavy (non-hydrogen) atoms. The Hall–Kier alpha value is -1.00. The zero-order chi connectivity index (χ0) is 12.8. The van der Waals surface area contributed by atoms with E-state index in [-0.39, 0.29) is 11.6 Å². The van der Waals surface area contributed by atoms with Crippen molar-refractivity contribution in [3.05, 3.63) is 35.9 Å². The van der Waals surface area contributed by atoms with Gasteiger partial charge < -0.3 is 10.1 Å². The van der Waals surface area contributed by atoms with Crippen LogP contribution in [-0.4, -0.2) is 25.8 Å². The van der Waals surface area contributed by atoms with Gasteiger partial charge in [-0.3, -0.25) is 0 Å². The third-order valence-electron chi connectivity index (χ3n) is 3.21. The summed E-state index contributed by atoms with van der Waals surface area (Å²) in [6.45, 7) is 0.778. The van der Waals surface area contributed by atoms with Crippen LogP contribution in [0.25, 0.3) is 0 Å². The molecule has 1 heterocycles. The number of nitrogens with one attached hydrogen (secondary N) is 1. The van der Waals surface area contributed by atoms with Crippen molar-refractivity contribution in [3.63, 3.8) is 0 Å². The number of benzene rings is 1. The quantitative estimate of drug-likeness (QED) is 0.873. The fraction of sp³-hybridized carbons (Fsp3) is 0.571. The van der Waals surface area contributed by atoms with Crippen molar-refractivity contribution in [3.8, 4) is 0 Å². The second kappa shape index (κ2) is 6.25. The number of halogens is 2. The first kappa shape index (κ1) is 13.4. The molecule has 1 aliphatic heterocycles. The smallest absolute Gasteiger partial charge is 0.296 e. The number of piperidine rings is 1. The lowest BCUT2D eigenvalue weighted by Crippen LogP contribution is -2.38. The first-order valence-electron chi connectivity index (χ1n) is 6.43. The SMILES string of the molecule is FC(F)(COCC1CCCCN1)c1ccccc1. The van der Waals surface area contributed by atoms with Gasteiger partial charge in [0.15, 0.2) is 0 Å². The maximum atomic E-state index is 13.8. The maximum Gasteiger partial charge on any atom is 0.296 e. The van der Waals surface area contributed by atoms with Gasteiger partial charge in [-0.2, -0.15) is 8.78 Å². The predicted molar refractivity (Wildman–Crippen MR) is 66.8 cm³/mol. The molecule has 0 radical (unpaired) electrons. The summed E-state index contributed by atoms with van der Waals surface area (Å²) in [5, 5.41) is 3.28. The Bertz CT molecular complexity index is 350. The van der Waals surface area contributed by atoms with Crippen LogP contribution in [0.2, 0.25) is 0 Å². The lowest BCUT2D eigenvalue weighted by atomic mass is 10.1. The minimum atomic E-state index is -2.91. The second-order valence-electron chi connectivity index (χ2n) is 4.73. The summed E-state index contributed by atoms with van der Waals surface area (Å²) in [6.07, 6.45) is 3.32. The van der Waals surface area contributed by atoms with Gasteiger partial charge in [-0.15, -0.1) is 0 Å². The summed E-state index contributed by atoms with van der Waals surface area (Å²) in [4.78, 5) is 0. The van der Waals surface area contributed by atoms with Gasteiger partial charge in [0.2, 0.25) is 0 Å². The van der Waals surface area contributed by atoms with Gasteiger partial charge in [-0.25, -0.2) is 0 Å². The van der Waals surface area contributed by atoms with Gasteiger partial charge in [0.1, 0.15) is 6.61 Å². The molecule has 1 aromatic rings. The van der Waals surface area contributed by atoms with E-state index in [0.29, 0.717) is 6.61 Å². The monoisotopic (exact) mass is 255 g/mol. The number of alkyl halides is 2. The molecule has 1 saturated heterocycles. The predicted octanol–water partition coefficient (Wildman–Crippen LogP) is 2.94. The molecule has 2 nitrogen and oxygen atoms in total. The van der Waals surface area contributed by atoms with Crippen LogP contribution in [0.5, 0.6) is 0 Å². The maximum absolute atomic E-state index is 13.8. The van der Waals surface area contributed by atoms with Crippen molar-refractivity contribution in [1.29, 1.82) is 0 Å². The summed E-state index contributed by atoms with van der Waals surface area (Å²) in [6, 6.07) is 8.06. The van der Waals surface area contributed by atoms with Crippen LogP contribution in [0.15, 0.2) is 30.3 Å². The molecule has 0 aliphatic carbocycles. The zero-order valence-corrected chi connectivity index (χ0v) is 10.4. The lowest BCUT2D eigenvalue weighted by Gasteiger charge is -2.24. The molecule has 0 amide bonds. The van der Waals surface area contributed by atoms with Crippen LogP contribution < -0.4 is 5.32 Å². The van der Waals surface area contributed by atoms with Gasteiger partial charge in [0.25, 0.3) is 5.92 Å². The van der Waals surface area contributed by atoms with Gasteiger partial charge in [-0.05, 0) is 19.4 Å². The van der Waals surface area contributed by atoms with Crippen molar-refractivity contribution < 1.29 is 13.5 Å². The third-order valence-corrected chi connectivity index (χ3v) is 3.21. The minimum absolute atomic E-state index is 0.0154. The highest BCUT2D eigenvalue weighted by atomic mass is 19.3. The molecule has 0 saturated carbocycles. The van der Waals surface area contributed by atoms with E-state index in [1.807, 2.05) is 0 Å². The average Bonchev–Trinajstić information content (AvgIpc) is 2.41. The molecule has 1 aliphatic rings. The first-order valence-corrected chi connectivity index (χ1v) is 6.43. The molecule has 1 fully saturated rings. The fourth-order valence-electron chi connectivity index (χ4n) is 2.16. The average molecular weight is 255 g/mol. The van der Waals surface area contributed by atoms with Gasteiger partial charge in [0, 0.05) is 11.6 Å². The van der Waals surface area contributed by atoms with E-state index >= 15 is 0 Å². The van der Waals surface area contributed by atoms with E-state index in [1.165, 1.54) is 12.1 Å². The molecule has 100 valence electrons. The molecule has 1 aromatic carbocycles. The zero-order valence-electron chi connectivity index (χ0n) is 10.4. The Kier molecular flexibility index (Phi) is 4.66. The molecule has 1 N–H and O–H groups in total.